The Kier molecular flexibility index (Phi) is 6.56. The van der Waals surface area contributed by atoms with Gasteiger partial charge in [0.2, 0.25) is 11.8 Å². The van der Waals surface area contributed by atoms with Crippen molar-refractivity contribution < 1.29 is 19.5 Å². The van der Waals surface area contributed by atoms with Crippen LogP contribution < -0.4 is 5.32 Å². The minimum absolute atomic E-state index is 0.0799. The first-order chi connectivity index (χ1) is 11.9. The first-order valence-electron chi connectivity index (χ1n) is 8.77. The number of carbonyl (C=O) groups excluding carboxylic acids is 2. The van der Waals surface area contributed by atoms with Gasteiger partial charge in [0.15, 0.2) is 0 Å². The Bertz CT molecular complexity index is 617. The number of hydrogen-bond acceptors (Lipinski definition) is 3. The van der Waals surface area contributed by atoms with Crippen molar-refractivity contribution in [1.29, 1.82) is 0 Å². The minimum atomic E-state index is -0.872. The van der Waals surface area contributed by atoms with Crippen molar-refractivity contribution in [2.24, 2.45) is 11.8 Å². The molecule has 1 saturated heterocycles. The van der Waals surface area contributed by atoms with Gasteiger partial charge >= 0.3 is 5.97 Å². The van der Waals surface area contributed by atoms with E-state index in [1.807, 2.05) is 44.2 Å². The lowest BCUT2D eigenvalue weighted by Crippen LogP contribution is -2.48. The average molecular weight is 346 g/mol. The highest BCUT2D eigenvalue weighted by molar-refractivity contribution is 5.89. The van der Waals surface area contributed by atoms with Crippen molar-refractivity contribution in [2.45, 2.75) is 39.2 Å². The lowest BCUT2D eigenvalue weighted by atomic mass is 9.99. The zero-order valence-corrected chi connectivity index (χ0v) is 14.8. The molecule has 136 valence electrons. The van der Waals surface area contributed by atoms with Gasteiger partial charge in [0, 0.05) is 13.1 Å². The lowest BCUT2D eigenvalue weighted by molar-refractivity contribution is -0.142. The molecule has 0 spiro atoms. The van der Waals surface area contributed by atoms with Crippen molar-refractivity contribution in [3.63, 3.8) is 0 Å². The van der Waals surface area contributed by atoms with Gasteiger partial charge in [-0.3, -0.25) is 14.4 Å². The average Bonchev–Trinajstić information content (AvgIpc) is 2.97. The summed E-state index contributed by atoms with van der Waals surface area (Å²) in [4.78, 5) is 37.9. The van der Waals surface area contributed by atoms with Crippen LogP contribution in [0, 0.1) is 11.8 Å². The Balaban J connectivity index is 1.98. The maximum absolute atomic E-state index is 12.8. The molecule has 2 amide bonds. The Morgan fingerprint density at radius 2 is 1.92 bits per heavy atom. The van der Waals surface area contributed by atoms with Crippen LogP contribution >= 0.6 is 0 Å². The van der Waals surface area contributed by atoms with Gasteiger partial charge in [0.05, 0.1) is 12.3 Å². The molecule has 6 heteroatoms. The van der Waals surface area contributed by atoms with Crippen LogP contribution in [0.2, 0.25) is 0 Å². The monoisotopic (exact) mass is 346 g/mol. The Hall–Kier alpha value is -2.37. The zero-order chi connectivity index (χ0) is 18.4. The summed E-state index contributed by atoms with van der Waals surface area (Å²) in [5.74, 6) is -1.86. The molecule has 0 aliphatic carbocycles. The van der Waals surface area contributed by atoms with E-state index in [0.29, 0.717) is 13.0 Å². The van der Waals surface area contributed by atoms with Crippen LogP contribution in [-0.2, 0) is 20.8 Å². The fraction of sp³-hybridized carbons (Fsp3) is 0.526. The topological polar surface area (TPSA) is 86.7 Å². The smallest absolute Gasteiger partial charge is 0.308 e. The second-order valence-corrected chi connectivity index (χ2v) is 6.74. The van der Waals surface area contributed by atoms with E-state index in [-0.39, 0.29) is 30.7 Å². The van der Waals surface area contributed by atoms with Crippen molar-refractivity contribution in [3.8, 4) is 0 Å². The van der Waals surface area contributed by atoms with E-state index < -0.39 is 17.9 Å². The molecule has 6 nitrogen and oxygen atoms in total. The summed E-state index contributed by atoms with van der Waals surface area (Å²) in [5.41, 5.74) is 0.892. The van der Waals surface area contributed by atoms with Crippen molar-refractivity contribution in [1.82, 2.24) is 10.2 Å². The molecule has 1 fully saturated rings. The van der Waals surface area contributed by atoms with E-state index >= 15 is 0 Å². The van der Waals surface area contributed by atoms with Gasteiger partial charge in [-0.25, -0.2) is 0 Å². The van der Waals surface area contributed by atoms with Gasteiger partial charge in [-0.05, 0) is 17.9 Å². The summed E-state index contributed by atoms with van der Waals surface area (Å²) >= 11 is 0. The molecular weight excluding hydrogens is 320 g/mol. The number of aliphatic carboxylic acids is 1. The van der Waals surface area contributed by atoms with Crippen molar-refractivity contribution in [3.05, 3.63) is 35.9 Å². The fourth-order valence-electron chi connectivity index (χ4n) is 3.26. The second-order valence-electron chi connectivity index (χ2n) is 6.74. The van der Waals surface area contributed by atoms with E-state index in [0.717, 1.165) is 12.0 Å². The van der Waals surface area contributed by atoms with E-state index in [4.69, 9.17) is 0 Å². The molecule has 1 aliphatic rings. The molecule has 1 aromatic carbocycles. The van der Waals surface area contributed by atoms with Gasteiger partial charge < -0.3 is 15.3 Å². The molecular formula is C19H26N2O4. The van der Waals surface area contributed by atoms with E-state index in [1.54, 1.807) is 4.90 Å². The van der Waals surface area contributed by atoms with Gasteiger partial charge in [-0.15, -0.1) is 0 Å². The van der Waals surface area contributed by atoms with Crippen molar-refractivity contribution in [2.75, 3.05) is 13.1 Å². The Morgan fingerprint density at radius 1 is 1.24 bits per heavy atom. The highest BCUT2D eigenvalue weighted by Gasteiger charge is 2.39. The summed E-state index contributed by atoms with van der Waals surface area (Å²) < 4.78 is 0. The van der Waals surface area contributed by atoms with Crippen LogP contribution in [-0.4, -0.2) is 46.9 Å². The number of carboxylic acid groups (broad SMARTS) is 1. The van der Waals surface area contributed by atoms with Crippen LogP contribution in [0.25, 0.3) is 0 Å². The summed E-state index contributed by atoms with van der Waals surface area (Å²) in [6.07, 6.45) is 1.53. The number of carbonyl (C=O) groups is 3. The summed E-state index contributed by atoms with van der Waals surface area (Å²) in [6, 6.07) is 8.77. The second kappa shape index (κ2) is 8.65. The number of amides is 2. The predicted octanol–water partition coefficient (Wildman–Crippen LogP) is 1.69. The standard InChI is InChI=1S/C19H26N2O4/c1-3-7-16(20-17(22)10-14-8-5-4-6-9-14)18(23)21-11-13(2)15(12-21)19(24)25/h4-6,8-9,13,15-16H,3,7,10-12H2,1-2H3,(H,20,22)(H,24,25)/t13-,15-,16?/m1/s1. The third kappa shape index (κ3) is 5.05. The lowest BCUT2D eigenvalue weighted by Gasteiger charge is -2.24. The van der Waals surface area contributed by atoms with Crippen LogP contribution in [0.1, 0.15) is 32.3 Å². The van der Waals surface area contributed by atoms with E-state index in [2.05, 4.69) is 5.32 Å². The van der Waals surface area contributed by atoms with E-state index in [9.17, 15) is 19.5 Å². The molecule has 0 saturated carbocycles. The van der Waals surface area contributed by atoms with Crippen LogP contribution in [0.3, 0.4) is 0 Å². The van der Waals surface area contributed by atoms with Gasteiger partial charge in [0.25, 0.3) is 0 Å². The molecule has 2 rings (SSSR count). The maximum Gasteiger partial charge on any atom is 0.308 e. The summed E-state index contributed by atoms with van der Waals surface area (Å²) in [5, 5.41) is 12.1. The quantitative estimate of drug-likeness (QED) is 0.787. The molecule has 1 aromatic rings. The number of hydrogen-bond donors (Lipinski definition) is 2. The first kappa shape index (κ1) is 19.0. The van der Waals surface area contributed by atoms with Gasteiger partial charge in [-0.2, -0.15) is 0 Å². The highest BCUT2D eigenvalue weighted by atomic mass is 16.4. The molecule has 0 bridgehead atoms. The molecule has 0 radical (unpaired) electrons. The number of nitrogens with one attached hydrogen (secondary N) is 1. The number of benzene rings is 1. The maximum atomic E-state index is 12.8. The molecule has 1 heterocycles. The molecule has 25 heavy (non-hydrogen) atoms. The normalized spacial score (nSPS) is 21.0. The molecule has 2 N–H and O–H groups in total. The molecule has 0 aromatic heterocycles. The SMILES string of the molecule is CCCC(NC(=O)Cc1ccccc1)C(=O)N1C[C@@H](C)[C@H](C(=O)O)C1. The predicted molar refractivity (Wildman–Crippen MR) is 93.9 cm³/mol. The first-order valence-corrected chi connectivity index (χ1v) is 8.77. The zero-order valence-electron chi connectivity index (χ0n) is 14.8. The third-order valence-corrected chi connectivity index (χ3v) is 4.66. The molecule has 3 atom stereocenters. The summed E-state index contributed by atoms with van der Waals surface area (Å²) in [7, 11) is 0. The molecule has 1 aliphatic heterocycles. The van der Waals surface area contributed by atoms with Gasteiger partial charge in [0.1, 0.15) is 6.04 Å². The third-order valence-electron chi connectivity index (χ3n) is 4.66. The number of nitrogens with zero attached hydrogens (tertiary/aromatic N) is 1. The van der Waals surface area contributed by atoms with E-state index in [1.165, 1.54) is 0 Å². The fourth-order valence-corrected chi connectivity index (χ4v) is 3.26. The Morgan fingerprint density at radius 3 is 2.48 bits per heavy atom. The minimum Gasteiger partial charge on any atom is -0.481 e. The largest absolute Gasteiger partial charge is 0.481 e. The number of likely N-dealkylation sites (tertiary alicyclic amines) is 1. The summed E-state index contributed by atoms with van der Waals surface area (Å²) in [6.45, 7) is 4.43. The van der Waals surface area contributed by atoms with Crippen LogP contribution in [0.4, 0.5) is 0 Å². The molecule has 1 unspecified atom stereocenters. The highest BCUT2D eigenvalue weighted by Crippen LogP contribution is 2.24. The van der Waals surface area contributed by atoms with Crippen molar-refractivity contribution >= 4 is 17.8 Å². The van der Waals surface area contributed by atoms with Crippen LogP contribution in [0.15, 0.2) is 30.3 Å². The Labute approximate surface area is 148 Å². The number of carboxylic acids is 1. The van der Waals surface area contributed by atoms with Crippen LogP contribution in [0.5, 0.6) is 0 Å². The van der Waals surface area contributed by atoms with Gasteiger partial charge in [-0.1, -0.05) is 50.6 Å². The number of rotatable bonds is 7.